The lowest BCUT2D eigenvalue weighted by molar-refractivity contribution is 0.612. The average Bonchev–Trinajstić information content (AvgIpc) is 2.56. The fourth-order valence-corrected chi connectivity index (χ4v) is 3.22. The first-order chi connectivity index (χ1) is 9.09. The smallest absolute Gasteiger partial charge is 0.0459 e. The molecule has 1 aromatic rings. The molecular weight excluding hydrogens is 256 g/mol. The topological polar surface area (TPSA) is 29.3 Å². The third-order valence-electron chi connectivity index (χ3n) is 3.98. The van der Waals surface area contributed by atoms with Crippen LogP contribution in [0.15, 0.2) is 18.2 Å². The summed E-state index contributed by atoms with van der Waals surface area (Å²) >= 11 is 6.40. The maximum atomic E-state index is 6.40. The Morgan fingerprint density at radius 3 is 2.89 bits per heavy atom. The van der Waals surface area contributed by atoms with Crippen LogP contribution >= 0.6 is 11.6 Å². The van der Waals surface area contributed by atoms with Crippen LogP contribution in [-0.4, -0.2) is 18.6 Å². The van der Waals surface area contributed by atoms with Crippen molar-refractivity contribution in [2.45, 2.75) is 58.0 Å². The molecule has 2 atom stereocenters. The first-order valence-electron chi connectivity index (χ1n) is 7.39. The van der Waals surface area contributed by atoms with Crippen LogP contribution in [0.25, 0.3) is 0 Å². The maximum absolute atomic E-state index is 6.40. The van der Waals surface area contributed by atoms with Crippen molar-refractivity contribution >= 4 is 17.3 Å². The quantitative estimate of drug-likeness (QED) is 0.907. The summed E-state index contributed by atoms with van der Waals surface area (Å²) < 4.78 is 0. The Hall–Kier alpha value is -0.730. The second-order valence-corrected chi connectivity index (χ2v) is 6.22. The summed E-state index contributed by atoms with van der Waals surface area (Å²) in [6, 6.07) is 6.96. The SMILES string of the molecule is CC(N)Cc1c(Cl)cccc1N1CCCCCC1C. The van der Waals surface area contributed by atoms with Gasteiger partial charge >= 0.3 is 0 Å². The number of benzene rings is 1. The molecule has 2 rings (SSSR count). The highest BCUT2D eigenvalue weighted by Crippen LogP contribution is 2.32. The summed E-state index contributed by atoms with van der Waals surface area (Å²) in [5.41, 5.74) is 8.49. The molecule has 2 nitrogen and oxygen atoms in total. The van der Waals surface area contributed by atoms with Gasteiger partial charge in [0, 0.05) is 29.3 Å². The van der Waals surface area contributed by atoms with Gasteiger partial charge in [0.2, 0.25) is 0 Å². The molecule has 106 valence electrons. The van der Waals surface area contributed by atoms with E-state index < -0.39 is 0 Å². The molecular formula is C16H25ClN2. The number of hydrogen-bond donors (Lipinski definition) is 1. The Balaban J connectivity index is 2.33. The van der Waals surface area contributed by atoms with Crippen LogP contribution < -0.4 is 10.6 Å². The monoisotopic (exact) mass is 280 g/mol. The predicted molar refractivity (Wildman–Crippen MR) is 84.1 cm³/mol. The second kappa shape index (κ2) is 6.62. The average molecular weight is 281 g/mol. The molecule has 3 heteroatoms. The number of nitrogens with two attached hydrogens (primary N) is 1. The Kier molecular flexibility index (Phi) is 5.12. The second-order valence-electron chi connectivity index (χ2n) is 5.81. The molecule has 2 unspecified atom stereocenters. The van der Waals surface area contributed by atoms with E-state index in [1.807, 2.05) is 13.0 Å². The van der Waals surface area contributed by atoms with Crippen LogP contribution in [0.5, 0.6) is 0 Å². The third-order valence-corrected chi connectivity index (χ3v) is 4.34. The number of nitrogens with zero attached hydrogens (tertiary/aromatic N) is 1. The fraction of sp³-hybridized carbons (Fsp3) is 0.625. The zero-order valence-corrected chi connectivity index (χ0v) is 12.8. The molecule has 0 aliphatic carbocycles. The lowest BCUT2D eigenvalue weighted by Crippen LogP contribution is -2.34. The van der Waals surface area contributed by atoms with E-state index in [0.717, 1.165) is 18.0 Å². The summed E-state index contributed by atoms with van der Waals surface area (Å²) in [4.78, 5) is 2.52. The third kappa shape index (κ3) is 3.64. The van der Waals surface area contributed by atoms with Crippen molar-refractivity contribution in [2.75, 3.05) is 11.4 Å². The van der Waals surface area contributed by atoms with Crippen molar-refractivity contribution in [1.29, 1.82) is 0 Å². The van der Waals surface area contributed by atoms with Crippen molar-refractivity contribution in [3.8, 4) is 0 Å². The van der Waals surface area contributed by atoms with Crippen molar-refractivity contribution in [1.82, 2.24) is 0 Å². The molecule has 0 amide bonds. The summed E-state index contributed by atoms with van der Waals surface area (Å²) in [5, 5.41) is 0.853. The number of anilines is 1. The van der Waals surface area contributed by atoms with Crippen LogP contribution in [0.1, 0.15) is 45.1 Å². The fourth-order valence-electron chi connectivity index (χ4n) is 2.97. The molecule has 1 aliphatic heterocycles. The van der Waals surface area contributed by atoms with Crippen molar-refractivity contribution in [2.24, 2.45) is 5.73 Å². The van der Waals surface area contributed by atoms with Gasteiger partial charge in [0.1, 0.15) is 0 Å². The zero-order valence-electron chi connectivity index (χ0n) is 12.0. The van der Waals surface area contributed by atoms with Gasteiger partial charge in [-0.25, -0.2) is 0 Å². The minimum atomic E-state index is 0.140. The number of hydrogen-bond acceptors (Lipinski definition) is 2. The molecule has 19 heavy (non-hydrogen) atoms. The van der Waals surface area contributed by atoms with Crippen LogP contribution in [-0.2, 0) is 6.42 Å². The summed E-state index contributed by atoms with van der Waals surface area (Å²) in [6.45, 7) is 5.49. The van der Waals surface area contributed by atoms with E-state index in [4.69, 9.17) is 17.3 Å². The van der Waals surface area contributed by atoms with Crippen molar-refractivity contribution in [3.05, 3.63) is 28.8 Å². The molecule has 0 radical (unpaired) electrons. The van der Waals surface area contributed by atoms with Gasteiger partial charge in [-0.05, 0) is 50.8 Å². The van der Waals surface area contributed by atoms with Crippen LogP contribution in [0, 0.1) is 0 Å². The highest BCUT2D eigenvalue weighted by Gasteiger charge is 2.21. The Bertz CT molecular complexity index is 417. The van der Waals surface area contributed by atoms with Gasteiger partial charge in [-0.2, -0.15) is 0 Å². The summed E-state index contributed by atoms with van der Waals surface area (Å²) in [7, 11) is 0. The zero-order chi connectivity index (χ0) is 13.8. The molecule has 1 fully saturated rings. The molecule has 0 saturated carbocycles. The van der Waals surface area contributed by atoms with E-state index in [1.165, 1.54) is 36.9 Å². The largest absolute Gasteiger partial charge is 0.369 e. The molecule has 0 bridgehead atoms. The van der Waals surface area contributed by atoms with Gasteiger partial charge in [0.25, 0.3) is 0 Å². The van der Waals surface area contributed by atoms with E-state index in [2.05, 4.69) is 24.0 Å². The van der Waals surface area contributed by atoms with E-state index in [-0.39, 0.29) is 6.04 Å². The van der Waals surface area contributed by atoms with Gasteiger partial charge in [0.15, 0.2) is 0 Å². The lowest BCUT2D eigenvalue weighted by Gasteiger charge is -2.32. The van der Waals surface area contributed by atoms with Crippen LogP contribution in [0.4, 0.5) is 5.69 Å². The Morgan fingerprint density at radius 2 is 2.16 bits per heavy atom. The maximum Gasteiger partial charge on any atom is 0.0459 e. The van der Waals surface area contributed by atoms with Crippen LogP contribution in [0.2, 0.25) is 5.02 Å². The molecule has 0 spiro atoms. The van der Waals surface area contributed by atoms with Gasteiger partial charge in [-0.15, -0.1) is 0 Å². The molecule has 1 heterocycles. The predicted octanol–water partition coefficient (Wildman–Crippen LogP) is 4.00. The minimum absolute atomic E-state index is 0.140. The van der Waals surface area contributed by atoms with Crippen molar-refractivity contribution in [3.63, 3.8) is 0 Å². The van der Waals surface area contributed by atoms with E-state index in [9.17, 15) is 0 Å². The standard InChI is InChI=1S/C16H25ClN2/c1-12(18)11-14-15(17)8-6-9-16(14)19-10-5-3-4-7-13(19)2/h6,8-9,12-13H,3-5,7,10-11,18H2,1-2H3. The molecule has 1 saturated heterocycles. The first kappa shape index (κ1) is 14.7. The highest BCUT2D eigenvalue weighted by atomic mass is 35.5. The number of halogens is 1. The van der Waals surface area contributed by atoms with Gasteiger partial charge in [-0.1, -0.05) is 30.5 Å². The minimum Gasteiger partial charge on any atom is -0.369 e. The Morgan fingerprint density at radius 1 is 1.37 bits per heavy atom. The van der Waals surface area contributed by atoms with Crippen molar-refractivity contribution < 1.29 is 0 Å². The van der Waals surface area contributed by atoms with E-state index >= 15 is 0 Å². The molecule has 1 aromatic carbocycles. The van der Waals surface area contributed by atoms with E-state index in [1.54, 1.807) is 0 Å². The summed E-state index contributed by atoms with van der Waals surface area (Å²) in [5.74, 6) is 0. The lowest BCUT2D eigenvalue weighted by atomic mass is 10.0. The number of rotatable bonds is 3. The normalized spacial score (nSPS) is 22.1. The molecule has 1 aliphatic rings. The van der Waals surface area contributed by atoms with Gasteiger partial charge in [-0.3, -0.25) is 0 Å². The van der Waals surface area contributed by atoms with E-state index in [0.29, 0.717) is 6.04 Å². The summed E-state index contributed by atoms with van der Waals surface area (Å²) in [6.07, 6.45) is 6.06. The van der Waals surface area contributed by atoms with Gasteiger partial charge in [0.05, 0.1) is 0 Å². The Labute approximate surface area is 121 Å². The molecule has 2 N–H and O–H groups in total. The molecule has 0 aromatic heterocycles. The first-order valence-corrected chi connectivity index (χ1v) is 7.77. The highest BCUT2D eigenvalue weighted by molar-refractivity contribution is 6.31. The van der Waals surface area contributed by atoms with Gasteiger partial charge < -0.3 is 10.6 Å². The van der Waals surface area contributed by atoms with Crippen LogP contribution in [0.3, 0.4) is 0 Å².